The Morgan fingerprint density at radius 1 is 0.886 bits per heavy atom. The molecule has 5 nitrogen and oxygen atoms in total. The first-order valence-corrected chi connectivity index (χ1v) is 14.1. The van der Waals surface area contributed by atoms with E-state index in [9.17, 15) is 13.2 Å². The molecule has 0 amide bonds. The van der Waals surface area contributed by atoms with Crippen LogP contribution >= 0.6 is 34.7 Å². The fourth-order valence-corrected chi connectivity index (χ4v) is 6.82. The fourth-order valence-electron chi connectivity index (χ4n) is 3.60. The van der Waals surface area contributed by atoms with Gasteiger partial charge in [0.1, 0.15) is 0 Å². The number of aromatic nitrogens is 1. The molecule has 4 aromatic carbocycles. The molecule has 0 atom stereocenters. The minimum atomic E-state index is -3.87. The van der Waals surface area contributed by atoms with Crippen molar-refractivity contribution in [3.8, 4) is 0 Å². The predicted octanol–water partition coefficient (Wildman–Crippen LogP) is 6.72. The van der Waals surface area contributed by atoms with E-state index in [1.165, 1.54) is 17.8 Å². The standard InChI is InChI=1S/C26H19ClN2O3S3/c27-19-12-10-18(11-13-19)17-29-23-15-14-21(16-25(23)34-26(29)30)35(31,32)28-22-8-4-5-9-24(22)33-20-6-2-1-3-7-20/h1-16,28H,17H2. The Hall–Kier alpha value is -3.04. The number of anilines is 1. The largest absolute Gasteiger partial charge is 0.308 e. The molecule has 0 aliphatic carbocycles. The quantitative estimate of drug-likeness (QED) is 0.250. The molecule has 1 N–H and O–H groups in total. The van der Waals surface area contributed by atoms with Gasteiger partial charge in [0.25, 0.3) is 10.0 Å². The summed E-state index contributed by atoms with van der Waals surface area (Å²) in [6, 6.07) is 29.1. The molecule has 0 aliphatic heterocycles. The zero-order valence-electron chi connectivity index (χ0n) is 18.2. The van der Waals surface area contributed by atoms with Gasteiger partial charge in [-0.15, -0.1) is 0 Å². The summed E-state index contributed by atoms with van der Waals surface area (Å²) in [6.07, 6.45) is 0. The number of benzene rings is 4. The number of rotatable bonds is 7. The van der Waals surface area contributed by atoms with Gasteiger partial charge in [-0.3, -0.25) is 14.1 Å². The van der Waals surface area contributed by atoms with Crippen molar-refractivity contribution in [3.63, 3.8) is 0 Å². The number of fused-ring (bicyclic) bond motifs is 1. The van der Waals surface area contributed by atoms with E-state index in [0.717, 1.165) is 26.7 Å². The predicted molar refractivity (Wildman–Crippen MR) is 144 cm³/mol. The van der Waals surface area contributed by atoms with Crippen LogP contribution in [-0.4, -0.2) is 13.0 Å². The van der Waals surface area contributed by atoms with Crippen molar-refractivity contribution in [3.05, 3.63) is 117 Å². The lowest BCUT2D eigenvalue weighted by atomic mass is 10.2. The van der Waals surface area contributed by atoms with Gasteiger partial charge in [-0.2, -0.15) is 0 Å². The van der Waals surface area contributed by atoms with Crippen molar-refractivity contribution in [1.29, 1.82) is 0 Å². The Labute approximate surface area is 216 Å². The van der Waals surface area contributed by atoms with Crippen LogP contribution in [0.2, 0.25) is 5.02 Å². The molecule has 5 aromatic rings. The molecular weight excluding hydrogens is 520 g/mol. The minimum Gasteiger partial charge on any atom is -0.294 e. The van der Waals surface area contributed by atoms with Crippen LogP contribution in [0, 0.1) is 0 Å². The summed E-state index contributed by atoms with van der Waals surface area (Å²) in [5.74, 6) is 0. The Morgan fingerprint density at radius 3 is 2.37 bits per heavy atom. The molecule has 176 valence electrons. The van der Waals surface area contributed by atoms with E-state index >= 15 is 0 Å². The zero-order valence-corrected chi connectivity index (χ0v) is 21.4. The lowest BCUT2D eigenvalue weighted by Gasteiger charge is -2.12. The lowest BCUT2D eigenvalue weighted by Crippen LogP contribution is -2.14. The number of hydrogen-bond acceptors (Lipinski definition) is 5. The molecule has 1 heterocycles. The van der Waals surface area contributed by atoms with E-state index in [1.54, 1.807) is 41.0 Å². The summed E-state index contributed by atoms with van der Waals surface area (Å²) in [5.41, 5.74) is 2.12. The highest BCUT2D eigenvalue weighted by Crippen LogP contribution is 2.34. The van der Waals surface area contributed by atoms with Gasteiger partial charge < -0.3 is 0 Å². The lowest BCUT2D eigenvalue weighted by molar-refractivity contribution is 0.601. The van der Waals surface area contributed by atoms with Gasteiger partial charge in [0, 0.05) is 14.8 Å². The van der Waals surface area contributed by atoms with Crippen molar-refractivity contribution in [1.82, 2.24) is 4.57 Å². The van der Waals surface area contributed by atoms with Crippen LogP contribution < -0.4 is 9.60 Å². The molecule has 0 radical (unpaired) electrons. The summed E-state index contributed by atoms with van der Waals surface area (Å²) < 4.78 is 31.5. The Kier molecular flexibility index (Phi) is 6.71. The van der Waals surface area contributed by atoms with Crippen LogP contribution in [0.5, 0.6) is 0 Å². The zero-order chi connectivity index (χ0) is 24.4. The van der Waals surface area contributed by atoms with Crippen molar-refractivity contribution in [2.75, 3.05) is 4.72 Å². The maximum Gasteiger partial charge on any atom is 0.308 e. The molecule has 0 saturated heterocycles. The number of halogens is 1. The fraction of sp³-hybridized carbons (Fsp3) is 0.0385. The minimum absolute atomic E-state index is 0.101. The molecule has 0 unspecified atom stereocenters. The van der Waals surface area contributed by atoms with E-state index in [-0.39, 0.29) is 9.77 Å². The topological polar surface area (TPSA) is 68.2 Å². The number of nitrogens with one attached hydrogen (secondary N) is 1. The first-order valence-electron chi connectivity index (χ1n) is 10.6. The van der Waals surface area contributed by atoms with Crippen molar-refractivity contribution < 1.29 is 8.42 Å². The molecule has 0 saturated carbocycles. The van der Waals surface area contributed by atoms with Gasteiger partial charge in [-0.25, -0.2) is 8.42 Å². The van der Waals surface area contributed by atoms with Crippen LogP contribution in [0.25, 0.3) is 10.2 Å². The van der Waals surface area contributed by atoms with Gasteiger partial charge in [0.15, 0.2) is 0 Å². The van der Waals surface area contributed by atoms with Crippen LogP contribution in [0.4, 0.5) is 5.69 Å². The maximum absolute atomic E-state index is 13.3. The van der Waals surface area contributed by atoms with Gasteiger partial charge >= 0.3 is 4.87 Å². The SMILES string of the molecule is O=c1sc2cc(S(=O)(=O)Nc3ccccc3Sc3ccccc3)ccc2n1Cc1ccc(Cl)cc1. The molecule has 0 aliphatic rings. The van der Waals surface area contributed by atoms with Gasteiger partial charge in [-0.05, 0) is 60.2 Å². The monoisotopic (exact) mass is 538 g/mol. The van der Waals surface area contributed by atoms with Crippen molar-refractivity contribution >= 4 is 60.6 Å². The summed E-state index contributed by atoms with van der Waals surface area (Å²) in [7, 11) is -3.87. The van der Waals surface area contributed by atoms with Crippen LogP contribution in [-0.2, 0) is 16.6 Å². The second-order valence-electron chi connectivity index (χ2n) is 7.73. The molecule has 9 heteroatoms. The highest BCUT2D eigenvalue weighted by atomic mass is 35.5. The summed E-state index contributed by atoms with van der Waals surface area (Å²) in [6.45, 7) is 0.379. The normalized spacial score (nSPS) is 11.6. The third kappa shape index (κ3) is 5.31. The van der Waals surface area contributed by atoms with Gasteiger partial charge in [0.2, 0.25) is 0 Å². The van der Waals surface area contributed by atoms with Gasteiger partial charge in [0.05, 0.1) is 27.3 Å². The average Bonchev–Trinajstić information content (AvgIpc) is 3.16. The van der Waals surface area contributed by atoms with Crippen molar-refractivity contribution in [2.24, 2.45) is 0 Å². The Bertz CT molecular complexity index is 1660. The summed E-state index contributed by atoms with van der Waals surface area (Å²) in [4.78, 5) is 14.4. The highest BCUT2D eigenvalue weighted by molar-refractivity contribution is 7.99. The Balaban J connectivity index is 1.44. The van der Waals surface area contributed by atoms with Crippen LogP contribution in [0.15, 0.2) is 117 Å². The van der Waals surface area contributed by atoms with E-state index in [2.05, 4.69) is 4.72 Å². The van der Waals surface area contributed by atoms with Crippen LogP contribution in [0.1, 0.15) is 5.56 Å². The average molecular weight is 539 g/mol. The van der Waals surface area contributed by atoms with Gasteiger partial charge in [-0.1, -0.05) is 77.2 Å². The van der Waals surface area contributed by atoms with Crippen LogP contribution in [0.3, 0.4) is 0 Å². The molecule has 0 fully saturated rings. The van der Waals surface area contributed by atoms with E-state index in [1.807, 2.05) is 54.6 Å². The number of thiazole rings is 1. The first kappa shape index (κ1) is 23.7. The van der Waals surface area contributed by atoms with Crippen molar-refractivity contribution in [2.45, 2.75) is 21.2 Å². The third-order valence-corrected chi connectivity index (χ3v) is 8.95. The number of hydrogen-bond donors (Lipinski definition) is 1. The maximum atomic E-state index is 13.3. The summed E-state index contributed by atoms with van der Waals surface area (Å²) in [5, 5.41) is 0.627. The molecule has 0 bridgehead atoms. The van der Waals surface area contributed by atoms with E-state index in [4.69, 9.17) is 11.6 Å². The second-order valence-corrected chi connectivity index (χ2v) is 12.0. The first-order chi connectivity index (χ1) is 16.9. The van der Waals surface area contributed by atoms with E-state index in [0.29, 0.717) is 27.5 Å². The molecule has 35 heavy (non-hydrogen) atoms. The molecule has 0 spiro atoms. The number of para-hydroxylation sites is 1. The third-order valence-electron chi connectivity index (χ3n) is 5.31. The summed E-state index contributed by atoms with van der Waals surface area (Å²) >= 11 is 8.47. The van der Waals surface area contributed by atoms with E-state index < -0.39 is 10.0 Å². The smallest absolute Gasteiger partial charge is 0.294 e. The molecule has 1 aromatic heterocycles. The second kappa shape index (κ2) is 9.91. The highest BCUT2D eigenvalue weighted by Gasteiger charge is 2.19. The number of nitrogens with zero attached hydrogens (tertiary/aromatic N) is 1. The molecular formula is C26H19ClN2O3S3. The Morgan fingerprint density at radius 2 is 1.60 bits per heavy atom. The molecule has 5 rings (SSSR count). The number of sulfonamides is 1.